The molecule has 0 aromatic carbocycles. The number of likely N-dealkylation sites (tertiary alicyclic amines) is 1. The minimum atomic E-state index is -3.07. The van der Waals surface area contributed by atoms with Gasteiger partial charge in [-0.15, -0.1) is 0 Å². The van der Waals surface area contributed by atoms with Gasteiger partial charge >= 0.3 is 0 Å². The Hall–Kier alpha value is -0.130. The molecule has 0 radical (unpaired) electrons. The molecule has 1 unspecified atom stereocenters. The van der Waals surface area contributed by atoms with Crippen molar-refractivity contribution in [2.75, 3.05) is 33.7 Å². The summed E-state index contributed by atoms with van der Waals surface area (Å²) in [5.41, 5.74) is 0. The summed E-state index contributed by atoms with van der Waals surface area (Å²) in [6.45, 7) is 6.21. The molecule has 1 saturated heterocycles. The number of hydrogen-bond donors (Lipinski definition) is 0. The van der Waals surface area contributed by atoms with Gasteiger partial charge in [0.1, 0.15) is 0 Å². The van der Waals surface area contributed by atoms with E-state index in [1.165, 1.54) is 4.31 Å². The van der Waals surface area contributed by atoms with Crippen molar-refractivity contribution in [2.24, 2.45) is 5.92 Å². The van der Waals surface area contributed by atoms with E-state index in [2.05, 4.69) is 11.9 Å². The van der Waals surface area contributed by atoms with Crippen LogP contribution in [0.5, 0.6) is 0 Å². The predicted molar refractivity (Wildman–Crippen MR) is 62.3 cm³/mol. The lowest BCUT2D eigenvalue weighted by molar-refractivity contribution is 0.355. The maximum absolute atomic E-state index is 11.8. The van der Waals surface area contributed by atoms with Crippen molar-refractivity contribution in [3.05, 3.63) is 0 Å². The molecule has 4 nitrogen and oxygen atoms in total. The van der Waals surface area contributed by atoms with Gasteiger partial charge in [-0.3, -0.25) is 0 Å². The maximum Gasteiger partial charge on any atom is 0.216 e. The average molecular weight is 234 g/mol. The minimum Gasteiger partial charge on any atom is -0.306 e. The van der Waals surface area contributed by atoms with Gasteiger partial charge in [-0.05, 0) is 39.8 Å². The molecule has 0 bridgehead atoms. The van der Waals surface area contributed by atoms with E-state index in [4.69, 9.17) is 0 Å². The van der Waals surface area contributed by atoms with E-state index in [1.54, 1.807) is 20.9 Å². The first-order chi connectivity index (χ1) is 6.84. The molecule has 5 heteroatoms. The van der Waals surface area contributed by atoms with E-state index in [0.717, 1.165) is 19.5 Å². The molecule has 0 amide bonds. The molecule has 0 spiro atoms. The highest BCUT2D eigenvalue weighted by atomic mass is 32.2. The lowest BCUT2D eigenvalue weighted by Gasteiger charge is -2.22. The number of nitrogens with zero attached hydrogens (tertiary/aromatic N) is 2. The fourth-order valence-electron chi connectivity index (χ4n) is 2.00. The van der Waals surface area contributed by atoms with Crippen molar-refractivity contribution < 1.29 is 8.42 Å². The van der Waals surface area contributed by atoms with Crippen LogP contribution in [0.3, 0.4) is 0 Å². The van der Waals surface area contributed by atoms with Crippen LogP contribution in [0, 0.1) is 5.92 Å². The third kappa shape index (κ3) is 3.16. The van der Waals surface area contributed by atoms with Crippen LogP contribution in [-0.2, 0) is 10.0 Å². The minimum absolute atomic E-state index is 0.318. The zero-order chi connectivity index (χ0) is 11.6. The molecule has 1 fully saturated rings. The Morgan fingerprint density at radius 2 is 2.07 bits per heavy atom. The Kier molecular flexibility index (Phi) is 4.14. The summed E-state index contributed by atoms with van der Waals surface area (Å²) in [4.78, 5) is 2.25. The van der Waals surface area contributed by atoms with Crippen LogP contribution in [0.15, 0.2) is 0 Å². The summed E-state index contributed by atoms with van der Waals surface area (Å²) in [5.74, 6) is 0.494. The van der Waals surface area contributed by atoms with Crippen molar-refractivity contribution >= 4 is 10.0 Å². The summed E-state index contributed by atoms with van der Waals surface area (Å²) < 4.78 is 25.1. The molecular formula is C10H22N2O2S. The van der Waals surface area contributed by atoms with Gasteiger partial charge in [0, 0.05) is 20.1 Å². The van der Waals surface area contributed by atoms with Gasteiger partial charge in [0.15, 0.2) is 0 Å². The molecule has 1 atom stereocenters. The lowest BCUT2D eigenvalue weighted by Crippen LogP contribution is -2.37. The zero-order valence-corrected chi connectivity index (χ0v) is 10.9. The van der Waals surface area contributed by atoms with Gasteiger partial charge in [-0.2, -0.15) is 0 Å². The molecule has 1 aliphatic heterocycles. The number of sulfonamides is 1. The van der Waals surface area contributed by atoms with E-state index < -0.39 is 10.0 Å². The van der Waals surface area contributed by atoms with Crippen LogP contribution < -0.4 is 0 Å². The molecule has 0 aromatic rings. The van der Waals surface area contributed by atoms with Crippen LogP contribution in [0.25, 0.3) is 0 Å². The standard InChI is InChI=1S/C10H22N2O2S/c1-9(2)15(13,14)12(4)8-10-5-6-11(3)7-10/h9-10H,5-8H2,1-4H3. The Bertz CT molecular complexity index is 301. The normalized spacial score (nSPS) is 24.3. The van der Waals surface area contributed by atoms with Crippen molar-refractivity contribution in [1.29, 1.82) is 0 Å². The van der Waals surface area contributed by atoms with Crippen LogP contribution in [0.1, 0.15) is 20.3 Å². The molecule has 1 rings (SSSR count). The summed E-state index contributed by atoms with van der Waals surface area (Å²) in [6.07, 6.45) is 1.11. The van der Waals surface area contributed by atoms with Gasteiger partial charge in [-0.1, -0.05) is 0 Å². The monoisotopic (exact) mass is 234 g/mol. The maximum atomic E-state index is 11.8. The summed E-state index contributed by atoms with van der Waals surface area (Å²) in [7, 11) is 0.701. The summed E-state index contributed by atoms with van der Waals surface area (Å²) in [5, 5.41) is -0.318. The Morgan fingerprint density at radius 3 is 2.47 bits per heavy atom. The van der Waals surface area contributed by atoms with E-state index >= 15 is 0 Å². The van der Waals surface area contributed by atoms with E-state index in [-0.39, 0.29) is 5.25 Å². The fourth-order valence-corrected chi connectivity index (χ4v) is 3.14. The molecule has 0 saturated carbocycles. The zero-order valence-electron chi connectivity index (χ0n) is 10.1. The highest BCUT2D eigenvalue weighted by molar-refractivity contribution is 7.89. The molecule has 0 aromatic heterocycles. The molecular weight excluding hydrogens is 212 g/mol. The highest BCUT2D eigenvalue weighted by Crippen LogP contribution is 2.17. The van der Waals surface area contributed by atoms with E-state index in [0.29, 0.717) is 12.5 Å². The second-order valence-corrected chi connectivity index (χ2v) is 7.39. The molecule has 0 aliphatic carbocycles. The second kappa shape index (κ2) is 4.80. The van der Waals surface area contributed by atoms with Gasteiger partial charge in [0.2, 0.25) is 10.0 Å². The summed E-state index contributed by atoms with van der Waals surface area (Å²) >= 11 is 0. The van der Waals surface area contributed by atoms with Gasteiger partial charge in [0.05, 0.1) is 5.25 Å². The van der Waals surface area contributed by atoms with E-state index in [9.17, 15) is 8.42 Å². The summed E-state index contributed by atoms with van der Waals surface area (Å²) in [6, 6.07) is 0. The fraction of sp³-hybridized carbons (Fsp3) is 1.00. The first-order valence-corrected chi connectivity index (χ1v) is 6.98. The van der Waals surface area contributed by atoms with Crippen LogP contribution in [0.2, 0.25) is 0 Å². The van der Waals surface area contributed by atoms with Crippen molar-refractivity contribution in [3.63, 3.8) is 0 Å². The Labute approximate surface area is 93.3 Å². The van der Waals surface area contributed by atoms with Crippen LogP contribution in [0.4, 0.5) is 0 Å². The van der Waals surface area contributed by atoms with E-state index in [1.807, 2.05) is 0 Å². The lowest BCUT2D eigenvalue weighted by atomic mass is 10.1. The first kappa shape index (κ1) is 12.9. The second-order valence-electron chi connectivity index (χ2n) is 4.79. The smallest absolute Gasteiger partial charge is 0.216 e. The topological polar surface area (TPSA) is 40.6 Å². The molecule has 1 aliphatic rings. The van der Waals surface area contributed by atoms with Crippen molar-refractivity contribution in [1.82, 2.24) is 9.21 Å². The van der Waals surface area contributed by atoms with Gasteiger partial charge < -0.3 is 4.90 Å². The third-order valence-electron chi connectivity index (χ3n) is 3.03. The van der Waals surface area contributed by atoms with Gasteiger partial charge in [-0.25, -0.2) is 12.7 Å². The molecule has 90 valence electrons. The molecule has 15 heavy (non-hydrogen) atoms. The number of rotatable bonds is 4. The average Bonchev–Trinajstić information content (AvgIpc) is 2.50. The van der Waals surface area contributed by atoms with Crippen molar-refractivity contribution in [2.45, 2.75) is 25.5 Å². The third-order valence-corrected chi connectivity index (χ3v) is 5.24. The number of hydrogen-bond acceptors (Lipinski definition) is 3. The van der Waals surface area contributed by atoms with Gasteiger partial charge in [0.25, 0.3) is 0 Å². The Balaban J connectivity index is 2.52. The molecule has 0 N–H and O–H groups in total. The largest absolute Gasteiger partial charge is 0.306 e. The Morgan fingerprint density at radius 1 is 1.47 bits per heavy atom. The quantitative estimate of drug-likeness (QED) is 0.715. The first-order valence-electron chi connectivity index (χ1n) is 5.47. The highest BCUT2D eigenvalue weighted by Gasteiger charge is 2.27. The van der Waals surface area contributed by atoms with Crippen LogP contribution >= 0.6 is 0 Å². The molecule has 1 heterocycles. The van der Waals surface area contributed by atoms with Crippen molar-refractivity contribution in [3.8, 4) is 0 Å². The van der Waals surface area contributed by atoms with Crippen LogP contribution in [-0.4, -0.2) is 56.6 Å². The SMILES string of the molecule is CC(C)S(=O)(=O)N(C)CC1CCN(C)C1. The predicted octanol–water partition coefficient (Wildman–Crippen LogP) is 0.608.